The van der Waals surface area contributed by atoms with Crippen molar-refractivity contribution >= 4 is 22.9 Å². The van der Waals surface area contributed by atoms with Crippen molar-refractivity contribution in [3.63, 3.8) is 0 Å². The first-order valence-electron chi connectivity index (χ1n) is 8.20. The minimum absolute atomic E-state index is 0.665. The molecule has 1 aromatic carbocycles. The Labute approximate surface area is 146 Å². The number of aromatic nitrogens is 2. The first kappa shape index (κ1) is 15.5. The van der Waals surface area contributed by atoms with E-state index >= 15 is 0 Å². The molecule has 2 fully saturated rings. The van der Waals surface area contributed by atoms with Crippen molar-refractivity contribution in [1.29, 1.82) is 0 Å². The van der Waals surface area contributed by atoms with Gasteiger partial charge in [0.05, 0.1) is 6.54 Å². The van der Waals surface area contributed by atoms with E-state index in [0.717, 1.165) is 28.1 Å². The highest BCUT2D eigenvalue weighted by atomic mass is 35.5. The smallest absolute Gasteiger partial charge is 0.131 e. The Morgan fingerprint density at radius 2 is 1.87 bits per heavy atom. The lowest BCUT2D eigenvalue weighted by molar-refractivity contribution is 0.212. The van der Waals surface area contributed by atoms with E-state index in [1.165, 1.54) is 31.5 Å². The third kappa shape index (κ3) is 3.29. The Morgan fingerprint density at radius 3 is 2.52 bits per heavy atom. The van der Waals surface area contributed by atoms with Crippen LogP contribution in [-0.4, -0.2) is 45.2 Å². The fourth-order valence-corrected chi connectivity index (χ4v) is 4.95. The third-order valence-corrected chi connectivity index (χ3v) is 6.05. The summed E-state index contributed by atoms with van der Waals surface area (Å²) in [6.45, 7) is 6.33. The van der Waals surface area contributed by atoms with Gasteiger partial charge in [0.15, 0.2) is 0 Å². The molecular formula is C17H21ClN4S. The monoisotopic (exact) mass is 348 g/mol. The molecule has 0 spiro atoms. The summed E-state index contributed by atoms with van der Waals surface area (Å²) in [7, 11) is 0. The van der Waals surface area contributed by atoms with Gasteiger partial charge in [-0.3, -0.25) is 9.80 Å². The molecule has 0 saturated carbocycles. The van der Waals surface area contributed by atoms with Crippen molar-refractivity contribution in [3.8, 4) is 0 Å². The van der Waals surface area contributed by atoms with Gasteiger partial charge in [-0.1, -0.05) is 23.7 Å². The number of rotatable bonds is 4. The van der Waals surface area contributed by atoms with Crippen LogP contribution in [0, 0.1) is 6.92 Å². The first-order chi connectivity index (χ1) is 11.2. The van der Waals surface area contributed by atoms with Gasteiger partial charge in [0.1, 0.15) is 10.0 Å². The number of fused-ring (bicyclic) bond motifs is 1. The average molecular weight is 349 g/mol. The standard InChI is InChI=1S/C17H21ClN4S/c1-12-19-20-17(23-12)11-22-8-6-15-16(22)5-7-21(15)10-13-3-2-4-14(18)9-13/h2-4,9,15-16H,5-8,10-11H2,1H3/t15-,16-/m0/s1. The summed E-state index contributed by atoms with van der Waals surface area (Å²) >= 11 is 7.84. The lowest BCUT2D eigenvalue weighted by Gasteiger charge is -2.25. The molecule has 0 unspecified atom stereocenters. The van der Waals surface area contributed by atoms with E-state index in [1.54, 1.807) is 11.3 Å². The fraction of sp³-hybridized carbons (Fsp3) is 0.529. The normalized spacial score (nSPS) is 25.1. The second-order valence-corrected chi connectivity index (χ2v) is 8.20. The molecule has 23 heavy (non-hydrogen) atoms. The Kier molecular flexibility index (Phi) is 4.37. The van der Waals surface area contributed by atoms with E-state index < -0.39 is 0 Å². The molecule has 3 heterocycles. The zero-order chi connectivity index (χ0) is 15.8. The highest BCUT2D eigenvalue weighted by Gasteiger charge is 2.42. The van der Waals surface area contributed by atoms with Crippen molar-refractivity contribution < 1.29 is 0 Å². The Bertz CT molecular complexity index is 689. The van der Waals surface area contributed by atoms with E-state index in [0.29, 0.717) is 12.1 Å². The van der Waals surface area contributed by atoms with Gasteiger partial charge in [-0.25, -0.2) is 0 Å². The number of hydrogen-bond donors (Lipinski definition) is 0. The van der Waals surface area contributed by atoms with Gasteiger partial charge in [-0.2, -0.15) is 0 Å². The van der Waals surface area contributed by atoms with Crippen molar-refractivity contribution in [2.45, 2.75) is 44.9 Å². The van der Waals surface area contributed by atoms with E-state index in [1.807, 2.05) is 19.1 Å². The second kappa shape index (κ2) is 6.48. The zero-order valence-corrected chi connectivity index (χ0v) is 14.9. The number of benzene rings is 1. The van der Waals surface area contributed by atoms with Crippen LogP contribution in [0.25, 0.3) is 0 Å². The molecule has 2 saturated heterocycles. The summed E-state index contributed by atoms with van der Waals surface area (Å²) in [5.41, 5.74) is 1.32. The molecule has 4 rings (SSSR count). The summed E-state index contributed by atoms with van der Waals surface area (Å²) in [4.78, 5) is 5.23. The van der Waals surface area contributed by atoms with Crippen LogP contribution in [0.2, 0.25) is 5.02 Å². The summed E-state index contributed by atoms with van der Waals surface area (Å²) in [6, 6.07) is 9.59. The van der Waals surface area contributed by atoms with Crippen LogP contribution in [0.4, 0.5) is 0 Å². The molecule has 2 aliphatic heterocycles. The lowest BCUT2D eigenvalue weighted by atomic mass is 10.1. The van der Waals surface area contributed by atoms with Crippen molar-refractivity contribution in [3.05, 3.63) is 44.9 Å². The zero-order valence-electron chi connectivity index (χ0n) is 13.3. The summed E-state index contributed by atoms with van der Waals surface area (Å²) in [5.74, 6) is 0. The number of aryl methyl sites for hydroxylation is 1. The van der Waals surface area contributed by atoms with Gasteiger partial charge in [0.25, 0.3) is 0 Å². The van der Waals surface area contributed by atoms with E-state index in [2.05, 4.69) is 32.1 Å². The largest absolute Gasteiger partial charge is 0.294 e. The van der Waals surface area contributed by atoms with Gasteiger partial charge in [0, 0.05) is 36.7 Å². The van der Waals surface area contributed by atoms with Crippen molar-refractivity contribution in [2.75, 3.05) is 13.1 Å². The van der Waals surface area contributed by atoms with Crippen LogP contribution in [-0.2, 0) is 13.1 Å². The molecule has 122 valence electrons. The van der Waals surface area contributed by atoms with Gasteiger partial charge < -0.3 is 0 Å². The van der Waals surface area contributed by atoms with Gasteiger partial charge in [-0.05, 0) is 37.5 Å². The predicted octanol–water partition coefficient (Wildman–Crippen LogP) is 3.35. The maximum absolute atomic E-state index is 6.12. The van der Waals surface area contributed by atoms with Gasteiger partial charge in [0.2, 0.25) is 0 Å². The lowest BCUT2D eigenvalue weighted by Crippen LogP contribution is -2.36. The molecule has 2 atom stereocenters. The molecule has 0 amide bonds. The van der Waals surface area contributed by atoms with Crippen molar-refractivity contribution in [1.82, 2.24) is 20.0 Å². The van der Waals surface area contributed by atoms with E-state index in [4.69, 9.17) is 11.6 Å². The second-order valence-electron chi connectivity index (χ2n) is 6.50. The number of halogens is 1. The third-order valence-electron chi connectivity index (χ3n) is 4.99. The summed E-state index contributed by atoms with van der Waals surface area (Å²) in [6.07, 6.45) is 2.51. The molecular weight excluding hydrogens is 328 g/mol. The molecule has 0 aliphatic carbocycles. The highest BCUT2D eigenvalue weighted by molar-refractivity contribution is 7.11. The topological polar surface area (TPSA) is 32.3 Å². The van der Waals surface area contributed by atoms with E-state index in [9.17, 15) is 0 Å². The maximum atomic E-state index is 6.12. The van der Waals surface area contributed by atoms with Crippen LogP contribution in [0.15, 0.2) is 24.3 Å². The molecule has 2 aliphatic rings. The minimum Gasteiger partial charge on any atom is -0.294 e. The molecule has 2 aromatic rings. The quantitative estimate of drug-likeness (QED) is 0.848. The fourth-order valence-electron chi connectivity index (χ4n) is 4.00. The van der Waals surface area contributed by atoms with Crippen LogP contribution in [0.3, 0.4) is 0 Å². The number of nitrogens with zero attached hydrogens (tertiary/aromatic N) is 4. The summed E-state index contributed by atoms with van der Waals surface area (Å²) < 4.78 is 0. The molecule has 0 bridgehead atoms. The van der Waals surface area contributed by atoms with Crippen LogP contribution >= 0.6 is 22.9 Å². The van der Waals surface area contributed by atoms with Crippen LogP contribution < -0.4 is 0 Å². The Balaban J connectivity index is 1.41. The number of likely N-dealkylation sites (tertiary alicyclic amines) is 2. The van der Waals surface area contributed by atoms with Crippen molar-refractivity contribution in [2.24, 2.45) is 0 Å². The Morgan fingerprint density at radius 1 is 1.13 bits per heavy atom. The van der Waals surface area contributed by atoms with Crippen LogP contribution in [0.1, 0.15) is 28.4 Å². The first-order valence-corrected chi connectivity index (χ1v) is 9.40. The van der Waals surface area contributed by atoms with Crippen LogP contribution in [0.5, 0.6) is 0 Å². The molecule has 1 aromatic heterocycles. The molecule has 4 nitrogen and oxygen atoms in total. The van der Waals surface area contributed by atoms with Gasteiger partial charge >= 0.3 is 0 Å². The molecule has 6 heteroatoms. The van der Waals surface area contributed by atoms with E-state index in [-0.39, 0.29) is 0 Å². The predicted molar refractivity (Wildman–Crippen MR) is 93.7 cm³/mol. The summed E-state index contributed by atoms with van der Waals surface area (Å²) in [5, 5.41) is 11.5. The van der Waals surface area contributed by atoms with Gasteiger partial charge in [-0.15, -0.1) is 21.5 Å². The molecule has 0 radical (unpaired) electrons. The number of hydrogen-bond acceptors (Lipinski definition) is 5. The highest BCUT2D eigenvalue weighted by Crippen LogP contribution is 2.34. The Hall–Kier alpha value is -1.01. The molecule has 0 N–H and O–H groups in total. The maximum Gasteiger partial charge on any atom is 0.131 e. The SMILES string of the molecule is Cc1nnc(CN2CC[C@H]3[C@@H]2CCN3Cc2cccc(Cl)c2)s1. The average Bonchev–Trinajstić information content (AvgIpc) is 3.20. The minimum atomic E-state index is 0.665.